The number of benzene rings is 2. The average molecular weight is 412 g/mol. The topological polar surface area (TPSA) is 84.0 Å². The van der Waals surface area contributed by atoms with Crippen LogP contribution < -0.4 is 10.6 Å². The Kier molecular flexibility index (Phi) is 6.21. The van der Waals surface area contributed by atoms with Crippen LogP contribution >= 0.6 is 0 Å². The van der Waals surface area contributed by atoms with Gasteiger partial charge in [-0.2, -0.15) is 13.2 Å². The summed E-state index contributed by atoms with van der Waals surface area (Å²) in [5.74, 6) is -0.987. The molecule has 30 heavy (non-hydrogen) atoms. The fraction of sp³-hybridized carbons (Fsp3) is 0.0476. The number of halogens is 3. The van der Waals surface area contributed by atoms with Crippen LogP contribution in [0, 0.1) is 0 Å². The van der Waals surface area contributed by atoms with E-state index in [1.54, 1.807) is 12.1 Å². The van der Waals surface area contributed by atoms with Gasteiger partial charge in [-0.1, -0.05) is 18.2 Å². The predicted molar refractivity (Wildman–Crippen MR) is 106 cm³/mol. The van der Waals surface area contributed by atoms with E-state index in [2.05, 4.69) is 20.6 Å². The number of rotatable bonds is 5. The molecular formula is C21H15F3N4O2. The van der Waals surface area contributed by atoms with Crippen LogP contribution in [0.15, 0.2) is 73.3 Å². The highest BCUT2D eigenvalue weighted by molar-refractivity contribution is 6.05. The van der Waals surface area contributed by atoms with E-state index in [0.717, 1.165) is 12.1 Å². The molecule has 0 bridgehead atoms. The molecule has 0 unspecified atom stereocenters. The van der Waals surface area contributed by atoms with Gasteiger partial charge in [0.1, 0.15) is 6.33 Å². The molecule has 0 aliphatic heterocycles. The second-order valence-electron chi connectivity index (χ2n) is 6.11. The summed E-state index contributed by atoms with van der Waals surface area (Å²) >= 11 is 0. The highest BCUT2D eigenvalue weighted by atomic mass is 19.4. The highest BCUT2D eigenvalue weighted by Crippen LogP contribution is 2.30. The molecule has 0 saturated carbocycles. The van der Waals surface area contributed by atoms with Gasteiger partial charge >= 0.3 is 6.18 Å². The molecule has 3 aromatic rings. The zero-order valence-corrected chi connectivity index (χ0v) is 15.4. The molecule has 0 atom stereocenters. The normalized spacial score (nSPS) is 11.3. The number of carbonyl (C=O) groups excluding carboxylic acids is 2. The molecule has 2 amide bonds. The van der Waals surface area contributed by atoms with Crippen LogP contribution in [0.4, 0.5) is 24.5 Å². The van der Waals surface area contributed by atoms with E-state index < -0.39 is 23.6 Å². The SMILES string of the molecule is O=C(C=Cc1cccc(C(=O)Nc2cccc(C(F)(F)F)c2)c1)Nc1cncnc1. The third kappa shape index (κ3) is 5.74. The van der Waals surface area contributed by atoms with Gasteiger partial charge in [-0.15, -0.1) is 0 Å². The number of anilines is 2. The van der Waals surface area contributed by atoms with Gasteiger partial charge in [-0.05, 0) is 42.0 Å². The molecule has 152 valence electrons. The second kappa shape index (κ2) is 8.99. The van der Waals surface area contributed by atoms with E-state index in [4.69, 9.17) is 0 Å². The number of alkyl halides is 3. The fourth-order valence-electron chi connectivity index (χ4n) is 2.48. The summed E-state index contributed by atoms with van der Waals surface area (Å²) in [6.45, 7) is 0. The van der Waals surface area contributed by atoms with Gasteiger partial charge in [-0.3, -0.25) is 9.59 Å². The molecule has 3 rings (SSSR count). The Bertz CT molecular complexity index is 1080. The summed E-state index contributed by atoms with van der Waals surface area (Å²) in [5, 5.41) is 5.02. The Labute approximate surface area is 169 Å². The molecule has 2 aromatic carbocycles. The van der Waals surface area contributed by atoms with E-state index in [-0.39, 0.29) is 11.3 Å². The van der Waals surface area contributed by atoms with Gasteiger partial charge in [-0.25, -0.2) is 9.97 Å². The van der Waals surface area contributed by atoms with Crippen LogP contribution in [0.1, 0.15) is 21.5 Å². The Hall–Kier alpha value is -4.01. The van der Waals surface area contributed by atoms with Crippen molar-refractivity contribution >= 4 is 29.3 Å². The van der Waals surface area contributed by atoms with Crippen LogP contribution in [-0.4, -0.2) is 21.8 Å². The Balaban J connectivity index is 1.67. The molecule has 0 radical (unpaired) electrons. The van der Waals surface area contributed by atoms with E-state index in [9.17, 15) is 22.8 Å². The van der Waals surface area contributed by atoms with Crippen molar-refractivity contribution in [1.82, 2.24) is 9.97 Å². The minimum absolute atomic E-state index is 0.0280. The number of aromatic nitrogens is 2. The van der Waals surface area contributed by atoms with Crippen molar-refractivity contribution in [1.29, 1.82) is 0 Å². The first-order valence-corrected chi connectivity index (χ1v) is 8.64. The molecule has 6 nitrogen and oxygen atoms in total. The van der Waals surface area contributed by atoms with E-state index in [1.165, 1.54) is 55.1 Å². The Morgan fingerprint density at radius 2 is 1.63 bits per heavy atom. The largest absolute Gasteiger partial charge is 0.416 e. The van der Waals surface area contributed by atoms with Gasteiger partial charge in [0, 0.05) is 17.3 Å². The molecule has 2 N–H and O–H groups in total. The van der Waals surface area contributed by atoms with Crippen molar-refractivity contribution in [2.24, 2.45) is 0 Å². The minimum Gasteiger partial charge on any atom is -0.322 e. The number of nitrogens with one attached hydrogen (secondary N) is 2. The van der Waals surface area contributed by atoms with Gasteiger partial charge in [0.2, 0.25) is 5.91 Å². The van der Waals surface area contributed by atoms with Gasteiger partial charge in [0.05, 0.1) is 23.6 Å². The van der Waals surface area contributed by atoms with E-state index in [1.807, 2.05) is 0 Å². The maximum absolute atomic E-state index is 12.8. The summed E-state index contributed by atoms with van der Waals surface area (Å²) in [4.78, 5) is 31.9. The van der Waals surface area contributed by atoms with Crippen LogP contribution in [-0.2, 0) is 11.0 Å². The highest BCUT2D eigenvalue weighted by Gasteiger charge is 2.30. The minimum atomic E-state index is -4.50. The number of nitrogens with zero attached hydrogens (tertiary/aromatic N) is 2. The van der Waals surface area contributed by atoms with E-state index >= 15 is 0 Å². The molecule has 0 fully saturated rings. The standard InChI is InChI=1S/C21H15F3N4O2/c22-21(23,24)16-5-2-6-17(10-16)28-20(30)15-4-1-3-14(9-15)7-8-19(29)27-18-11-25-13-26-12-18/h1-13H,(H,27,29)(H,28,30). The van der Waals surface area contributed by atoms with Crippen molar-refractivity contribution in [3.63, 3.8) is 0 Å². The molecule has 0 spiro atoms. The van der Waals surface area contributed by atoms with Crippen LogP contribution in [0.5, 0.6) is 0 Å². The summed E-state index contributed by atoms with van der Waals surface area (Å²) in [6.07, 6.45) is 2.49. The summed E-state index contributed by atoms with van der Waals surface area (Å²) in [7, 11) is 0. The quantitative estimate of drug-likeness (QED) is 0.609. The zero-order valence-electron chi connectivity index (χ0n) is 15.4. The van der Waals surface area contributed by atoms with Crippen molar-refractivity contribution in [2.45, 2.75) is 6.18 Å². The first-order chi connectivity index (χ1) is 14.3. The summed E-state index contributed by atoms with van der Waals surface area (Å²) in [6, 6.07) is 10.7. The smallest absolute Gasteiger partial charge is 0.322 e. The summed E-state index contributed by atoms with van der Waals surface area (Å²) < 4.78 is 38.4. The molecule has 9 heteroatoms. The Morgan fingerprint density at radius 1 is 0.900 bits per heavy atom. The second-order valence-corrected chi connectivity index (χ2v) is 6.11. The number of hydrogen-bond acceptors (Lipinski definition) is 4. The first kappa shape index (κ1) is 20.7. The number of hydrogen-bond donors (Lipinski definition) is 2. The third-order valence-electron chi connectivity index (χ3n) is 3.85. The third-order valence-corrected chi connectivity index (χ3v) is 3.85. The van der Waals surface area contributed by atoms with Gasteiger partial charge in [0.15, 0.2) is 0 Å². The monoisotopic (exact) mass is 412 g/mol. The van der Waals surface area contributed by atoms with Crippen molar-refractivity contribution in [2.75, 3.05) is 10.6 Å². The molecule has 1 aromatic heterocycles. The maximum atomic E-state index is 12.8. The lowest BCUT2D eigenvalue weighted by Gasteiger charge is -2.10. The van der Waals surface area contributed by atoms with Crippen LogP contribution in [0.2, 0.25) is 0 Å². The van der Waals surface area contributed by atoms with Crippen LogP contribution in [0.3, 0.4) is 0 Å². The average Bonchev–Trinajstić information content (AvgIpc) is 2.73. The molecular weight excluding hydrogens is 397 g/mol. The molecule has 0 saturated heterocycles. The first-order valence-electron chi connectivity index (χ1n) is 8.64. The van der Waals surface area contributed by atoms with Crippen molar-refractivity contribution < 1.29 is 22.8 Å². The van der Waals surface area contributed by atoms with E-state index in [0.29, 0.717) is 11.3 Å². The lowest BCUT2D eigenvalue weighted by molar-refractivity contribution is -0.137. The lowest BCUT2D eigenvalue weighted by Crippen LogP contribution is -2.13. The Morgan fingerprint density at radius 3 is 2.37 bits per heavy atom. The number of amides is 2. The zero-order chi connectivity index (χ0) is 21.6. The lowest BCUT2D eigenvalue weighted by atomic mass is 10.1. The van der Waals surface area contributed by atoms with Crippen molar-refractivity contribution in [3.05, 3.63) is 90.0 Å². The molecule has 1 heterocycles. The van der Waals surface area contributed by atoms with Gasteiger partial charge in [0.25, 0.3) is 5.91 Å². The van der Waals surface area contributed by atoms with Crippen LogP contribution in [0.25, 0.3) is 6.08 Å². The predicted octanol–water partition coefficient (Wildman–Crippen LogP) is 4.40. The molecule has 0 aliphatic rings. The molecule has 0 aliphatic carbocycles. The summed E-state index contributed by atoms with van der Waals surface area (Å²) in [5.41, 5.74) is 0.394. The fourth-order valence-corrected chi connectivity index (χ4v) is 2.48. The maximum Gasteiger partial charge on any atom is 0.416 e. The van der Waals surface area contributed by atoms with Gasteiger partial charge < -0.3 is 10.6 Å². The van der Waals surface area contributed by atoms with Crippen molar-refractivity contribution in [3.8, 4) is 0 Å². The number of carbonyl (C=O) groups is 2.